The first-order chi connectivity index (χ1) is 23.9. The van der Waals surface area contributed by atoms with E-state index >= 15 is 0 Å². The molecule has 3 aliphatic rings. The van der Waals surface area contributed by atoms with Crippen molar-refractivity contribution < 1.29 is 19.3 Å². The fourth-order valence-corrected chi connectivity index (χ4v) is 6.63. The molecule has 1 aliphatic carbocycles. The van der Waals surface area contributed by atoms with Crippen LogP contribution in [0.15, 0.2) is 48.7 Å². The SMILES string of the molecule is Cc1c2cc(cc1C(=O)Nc1cc(CN3CCN(C)CC3)cc(C3CC3)c1)OCCCCCCCNC(=O)c1ccc3[nH+]cc(n3n1)C#C2. The summed E-state index contributed by atoms with van der Waals surface area (Å²) in [4.78, 5) is 34.9. The molecule has 0 spiro atoms. The van der Waals surface area contributed by atoms with E-state index in [1.165, 1.54) is 24.0 Å². The maximum absolute atomic E-state index is 14.0. The van der Waals surface area contributed by atoms with E-state index in [0.29, 0.717) is 47.3 Å². The molecule has 2 amide bonds. The van der Waals surface area contributed by atoms with Crippen LogP contribution in [-0.2, 0) is 6.54 Å². The van der Waals surface area contributed by atoms with E-state index in [4.69, 9.17) is 4.74 Å². The van der Waals surface area contributed by atoms with Gasteiger partial charge in [-0.25, -0.2) is 4.98 Å². The number of ether oxygens (including phenoxy) is 1. The topological polar surface area (TPSA) is 105 Å². The maximum atomic E-state index is 14.0. The van der Waals surface area contributed by atoms with E-state index in [-0.39, 0.29) is 11.8 Å². The number of piperazine rings is 1. The molecule has 254 valence electrons. The third-order valence-electron chi connectivity index (χ3n) is 9.80. The van der Waals surface area contributed by atoms with Gasteiger partial charge in [0.15, 0.2) is 5.69 Å². The highest BCUT2D eigenvalue weighted by molar-refractivity contribution is 6.06. The fourth-order valence-electron chi connectivity index (χ4n) is 6.63. The number of benzene rings is 2. The lowest BCUT2D eigenvalue weighted by Gasteiger charge is -2.32. The number of likely N-dealkylation sites (N-methyl/N-ethyl adjacent to an activating group) is 1. The van der Waals surface area contributed by atoms with Gasteiger partial charge >= 0.3 is 5.65 Å². The van der Waals surface area contributed by atoms with Crippen molar-refractivity contribution in [2.45, 2.75) is 64.3 Å². The Morgan fingerprint density at radius 1 is 1.02 bits per heavy atom. The average Bonchev–Trinajstić information content (AvgIpc) is 3.88. The van der Waals surface area contributed by atoms with Crippen molar-refractivity contribution in [2.24, 2.45) is 0 Å². The molecule has 2 aromatic carbocycles. The van der Waals surface area contributed by atoms with Crippen LogP contribution in [0, 0.1) is 18.8 Å². The van der Waals surface area contributed by atoms with Crippen molar-refractivity contribution in [3.8, 4) is 17.6 Å². The summed E-state index contributed by atoms with van der Waals surface area (Å²) in [5.74, 6) is 7.33. The van der Waals surface area contributed by atoms with Crippen molar-refractivity contribution in [3.05, 3.63) is 87.9 Å². The highest BCUT2D eigenvalue weighted by Crippen LogP contribution is 2.41. The molecule has 2 aromatic heterocycles. The van der Waals surface area contributed by atoms with Crippen molar-refractivity contribution in [1.29, 1.82) is 0 Å². The minimum Gasteiger partial charge on any atom is -0.494 e. The number of hydrogen-bond donors (Lipinski definition) is 2. The molecule has 1 saturated carbocycles. The van der Waals surface area contributed by atoms with Gasteiger partial charge in [0.1, 0.15) is 11.9 Å². The Hall–Kier alpha value is -4.72. The van der Waals surface area contributed by atoms with Gasteiger partial charge < -0.3 is 20.3 Å². The van der Waals surface area contributed by atoms with Gasteiger partial charge in [-0.2, -0.15) is 0 Å². The zero-order valence-corrected chi connectivity index (χ0v) is 28.6. The number of carbonyl (C=O) groups excluding carboxylic acids is 2. The number of aromatic amines is 1. The summed E-state index contributed by atoms with van der Waals surface area (Å²) in [5, 5.41) is 10.8. The predicted octanol–water partition coefficient (Wildman–Crippen LogP) is 4.81. The Bertz CT molecular complexity index is 1910. The van der Waals surface area contributed by atoms with Gasteiger partial charge in [0, 0.05) is 62.1 Å². The van der Waals surface area contributed by atoms with E-state index < -0.39 is 0 Å². The first kappa shape index (κ1) is 32.8. The molecule has 0 atom stereocenters. The molecule has 49 heavy (non-hydrogen) atoms. The van der Waals surface area contributed by atoms with Gasteiger partial charge in [-0.3, -0.25) is 14.5 Å². The highest BCUT2D eigenvalue weighted by Gasteiger charge is 2.25. The largest absolute Gasteiger partial charge is 0.494 e. The van der Waals surface area contributed by atoms with Crippen LogP contribution in [0.3, 0.4) is 0 Å². The molecule has 7 rings (SSSR count). The van der Waals surface area contributed by atoms with Crippen molar-refractivity contribution in [2.75, 3.05) is 51.7 Å². The highest BCUT2D eigenvalue weighted by atomic mass is 16.5. The number of carbonyl (C=O) groups is 2. The van der Waals surface area contributed by atoms with Crippen LogP contribution in [0.1, 0.15) is 99.7 Å². The molecule has 2 aliphatic heterocycles. The summed E-state index contributed by atoms with van der Waals surface area (Å²) in [7, 11) is 2.18. The molecule has 4 aromatic rings. The van der Waals surface area contributed by atoms with E-state index in [2.05, 4.69) is 67.6 Å². The Kier molecular flexibility index (Phi) is 9.92. The number of nitrogens with one attached hydrogen (secondary N) is 3. The average molecular weight is 661 g/mol. The van der Waals surface area contributed by atoms with Crippen LogP contribution in [0.2, 0.25) is 0 Å². The lowest BCUT2D eigenvalue weighted by atomic mass is 10.0. The predicted molar refractivity (Wildman–Crippen MR) is 189 cm³/mol. The smallest absolute Gasteiger partial charge is 0.306 e. The summed E-state index contributed by atoms with van der Waals surface area (Å²) in [5.41, 5.74) is 7.05. The summed E-state index contributed by atoms with van der Waals surface area (Å²) in [6.45, 7) is 8.21. The maximum Gasteiger partial charge on any atom is 0.306 e. The van der Waals surface area contributed by atoms with E-state index in [1.807, 2.05) is 25.1 Å². The Morgan fingerprint density at radius 2 is 1.84 bits per heavy atom. The monoisotopic (exact) mass is 660 g/mol. The second-order valence-electron chi connectivity index (χ2n) is 13.7. The van der Waals surface area contributed by atoms with Crippen LogP contribution in [0.4, 0.5) is 5.69 Å². The van der Waals surface area contributed by atoms with Gasteiger partial charge in [-0.05, 0) is 98.5 Å². The number of rotatable bonds is 5. The molecule has 10 nitrogen and oxygen atoms in total. The zero-order chi connectivity index (χ0) is 33.7. The van der Waals surface area contributed by atoms with Crippen LogP contribution in [-0.4, -0.2) is 77.6 Å². The van der Waals surface area contributed by atoms with Gasteiger partial charge in [-0.15, -0.1) is 0 Å². The lowest BCUT2D eigenvalue weighted by molar-refractivity contribution is -0.344. The number of aromatic nitrogens is 3. The third-order valence-corrected chi connectivity index (χ3v) is 9.80. The Morgan fingerprint density at radius 3 is 2.67 bits per heavy atom. The number of hydrogen-bond acceptors (Lipinski definition) is 6. The molecule has 2 fully saturated rings. The standard InChI is InChI=1S/C39H45N7O3/c1-27-30-10-11-33-25-41-37-13-12-36(43-46(33)37)39(48)40-14-6-4-3-5-7-19-49-34(23-30)24-35(27)38(47)42-32-21-28(20-31(22-32)29-8-9-29)26-45-17-15-44(2)16-18-45/h12-13,20-25,29H,3-9,14-19,26H2,1-2H3,(H,40,48)(H,42,47)/p+1. The third kappa shape index (κ3) is 8.12. The number of H-pyrrole nitrogens is 1. The van der Waals surface area contributed by atoms with Gasteiger partial charge in [0.25, 0.3) is 11.8 Å². The van der Waals surface area contributed by atoms with Gasteiger partial charge in [0.05, 0.1) is 6.61 Å². The minimum atomic E-state index is -0.200. The van der Waals surface area contributed by atoms with Gasteiger partial charge in [0.2, 0.25) is 5.69 Å². The van der Waals surface area contributed by atoms with Crippen molar-refractivity contribution in [3.63, 3.8) is 0 Å². The number of fused-ring (bicyclic) bond motifs is 3. The van der Waals surface area contributed by atoms with E-state index in [0.717, 1.165) is 81.7 Å². The number of amides is 2. The molecular weight excluding hydrogens is 614 g/mol. The first-order valence-electron chi connectivity index (χ1n) is 17.7. The van der Waals surface area contributed by atoms with Crippen molar-refractivity contribution >= 4 is 23.1 Å². The number of imidazole rings is 1. The molecule has 0 radical (unpaired) electrons. The zero-order valence-electron chi connectivity index (χ0n) is 28.6. The summed E-state index contributed by atoms with van der Waals surface area (Å²) >= 11 is 0. The molecule has 4 bridgehead atoms. The van der Waals surface area contributed by atoms with E-state index in [9.17, 15) is 9.59 Å². The molecular formula is C39H46N7O3+. The molecule has 1 saturated heterocycles. The summed E-state index contributed by atoms with van der Waals surface area (Å²) in [6.07, 6.45) is 9.09. The Balaban J connectivity index is 1.19. The molecule has 3 N–H and O–H groups in total. The number of nitrogens with zero attached hydrogens (tertiary/aromatic N) is 4. The van der Waals surface area contributed by atoms with E-state index in [1.54, 1.807) is 16.8 Å². The minimum absolute atomic E-state index is 0.179. The second-order valence-corrected chi connectivity index (χ2v) is 13.7. The van der Waals surface area contributed by atoms with Crippen LogP contribution < -0.4 is 20.4 Å². The van der Waals surface area contributed by atoms with Gasteiger partial charge in [-0.1, -0.05) is 40.9 Å². The van der Waals surface area contributed by atoms with Crippen LogP contribution in [0.5, 0.6) is 5.75 Å². The quantitative estimate of drug-likeness (QED) is 0.298. The molecule has 4 heterocycles. The summed E-state index contributed by atoms with van der Waals surface area (Å²) in [6, 6.07) is 13.9. The summed E-state index contributed by atoms with van der Waals surface area (Å²) < 4.78 is 7.88. The molecule has 10 heteroatoms. The number of anilines is 1. The van der Waals surface area contributed by atoms with Crippen molar-refractivity contribution in [1.82, 2.24) is 24.7 Å². The molecule has 0 unspecified atom stereocenters. The first-order valence-corrected chi connectivity index (χ1v) is 17.7. The normalized spacial score (nSPS) is 18.0. The second kappa shape index (κ2) is 14.8. The Labute approximate surface area is 288 Å². The van der Waals surface area contributed by atoms with Crippen LogP contribution >= 0.6 is 0 Å². The van der Waals surface area contributed by atoms with Crippen LogP contribution in [0.25, 0.3) is 5.65 Å². The fraction of sp³-hybridized carbons (Fsp3) is 0.436. The lowest BCUT2D eigenvalue weighted by Crippen LogP contribution is -2.43.